The summed E-state index contributed by atoms with van der Waals surface area (Å²) in [7, 11) is 1.78. The number of halogens is 1. The van der Waals surface area contributed by atoms with Crippen molar-refractivity contribution in [2.24, 2.45) is 4.99 Å². The number of nitrogens with one attached hydrogen (secondary N) is 2. The minimum Gasteiger partial charge on any atom is -0.359 e. The van der Waals surface area contributed by atoms with Crippen LogP contribution in [0.1, 0.15) is 11.3 Å². The van der Waals surface area contributed by atoms with Crippen LogP contribution in [0.2, 0.25) is 0 Å². The second-order valence-electron chi connectivity index (χ2n) is 7.03. The Balaban J connectivity index is 1.38. The first-order valence-electron chi connectivity index (χ1n) is 10.1. The lowest BCUT2D eigenvalue weighted by Crippen LogP contribution is -2.26. The molecule has 5 nitrogen and oxygen atoms in total. The van der Waals surface area contributed by atoms with E-state index >= 15 is 0 Å². The highest BCUT2D eigenvalue weighted by molar-refractivity contribution is 5.94. The van der Waals surface area contributed by atoms with E-state index in [0.29, 0.717) is 30.2 Å². The number of hydrogen-bond acceptors (Lipinski definition) is 3. The Morgan fingerprint density at radius 1 is 0.935 bits per heavy atom. The number of rotatable bonds is 6. The number of aryl methyl sites for hydroxylation is 2. The van der Waals surface area contributed by atoms with Gasteiger partial charge in [0.1, 0.15) is 5.82 Å². The first-order valence-corrected chi connectivity index (χ1v) is 10.1. The summed E-state index contributed by atoms with van der Waals surface area (Å²) in [4.78, 5) is 4.48. The van der Waals surface area contributed by atoms with E-state index < -0.39 is 0 Å². The van der Waals surface area contributed by atoms with Gasteiger partial charge in [-0.05, 0) is 42.2 Å². The van der Waals surface area contributed by atoms with Gasteiger partial charge in [-0.1, -0.05) is 65.8 Å². The van der Waals surface area contributed by atoms with Crippen LogP contribution >= 0.6 is 0 Å². The monoisotopic (exact) mass is 414 g/mol. The fourth-order valence-electron chi connectivity index (χ4n) is 3.22. The number of hydrogen-bond donors (Lipinski definition) is 2. The Hall–Kier alpha value is -3.93. The highest BCUT2D eigenvalue weighted by Crippen LogP contribution is 2.24. The van der Waals surface area contributed by atoms with E-state index in [1.54, 1.807) is 13.1 Å². The maximum atomic E-state index is 14.6. The van der Waals surface area contributed by atoms with Crippen molar-refractivity contribution in [3.8, 4) is 11.1 Å². The van der Waals surface area contributed by atoms with Gasteiger partial charge in [0.05, 0.1) is 11.4 Å². The van der Waals surface area contributed by atoms with Gasteiger partial charge < -0.3 is 9.84 Å². The summed E-state index contributed by atoms with van der Waals surface area (Å²) in [6, 6.07) is 26.4. The van der Waals surface area contributed by atoms with Gasteiger partial charge in [-0.3, -0.25) is 5.32 Å². The Bertz CT molecular complexity index is 1160. The zero-order valence-corrected chi connectivity index (χ0v) is 17.2. The zero-order chi connectivity index (χ0) is 21.5. The molecular formula is C25H23FN4O. The molecule has 0 bridgehead atoms. The maximum Gasteiger partial charge on any atom is 0.231 e. The second kappa shape index (κ2) is 9.71. The third kappa shape index (κ3) is 5.36. The van der Waals surface area contributed by atoms with E-state index in [4.69, 9.17) is 4.52 Å². The summed E-state index contributed by atoms with van der Waals surface area (Å²) >= 11 is 0. The smallest absolute Gasteiger partial charge is 0.231 e. The molecule has 0 unspecified atom stereocenters. The second-order valence-corrected chi connectivity index (χ2v) is 7.03. The average Bonchev–Trinajstić information content (AvgIpc) is 3.26. The molecule has 1 heterocycles. The lowest BCUT2D eigenvalue weighted by Gasteiger charge is -2.06. The summed E-state index contributed by atoms with van der Waals surface area (Å²) in [5.74, 6) is 0.819. The van der Waals surface area contributed by atoms with E-state index in [2.05, 4.69) is 20.8 Å². The summed E-state index contributed by atoms with van der Waals surface area (Å²) in [6.07, 6.45) is 1.30. The average molecular weight is 414 g/mol. The SMILES string of the molecule is CNC(=Nc1ccccc1)Nc1cc(CCc2ccc(-c3ccccc3)c(F)c2)no1. The van der Waals surface area contributed by atoms with Crippen molar-refractivity contribution in [1.82, 2.24) is 10.5 Å². The number of aromatic nitrogens is 1. The molecule has 0 aliphatic rings. The van der Waals surface area contributed by atoms with Crippen molar-refractivity contribution in [3.63, 3.8) is 0 Å². The molecule has 4 rings (SSSR count). The van der Waals surface area contributed by atoms with Crippen molar-refractivity contribution in [3.05, 3.63) is 102 Å². The summed E-state index contributed by atoms with van der Waals surface area (Å²) in [5.41, 5.74) is 3.99. The number of anilines is 1. The van der Waals surface area contributed by atoms with E-state index in [1.807, 2.05) is 78.9 Å². The fraction of sp³-hybridized carbons (Fsp3) is 0.120. The Labute approximate surface area is 180 Å². The molecule has 4 aromatic rings. The van der Waals surface area contributed by atoms with Gasteiger partial charge in [-0.2, -0.15) is 0 Å². The van der Waals surface area contributed by atoms with E-state index in [-0.39, 0.29) is 5.82 Å². The summed E-state index contributed by atoms with van der Waals surface area (Å²) in [5, 5.41) is 10.2. The molecule has 0 aliphatic heterocycles. The van der Waals surface area contributed by atoms with Crippen LogP contribution < -0.4 is 10.6 Å². The lowest BCUT2D eigenvalue weighted by molar-refractivity contribution is 0.426. The largest absolute Gasteiger partial charge is 0.359 e. The van der Waals surface area contributed by atoms with Gasteiger partial charge in [-0.15, -0.1) is 0 Å². The van der Waals surface area contributed by atoms with Crippen molar-refractivity contribution < 1.29 is 8.91 Å². The molecule has 2 N–H and O–H groups in total. The number of benzene rings is 3. The number of para-hydroxylation sites is 1. The predicted molar refractivity (Wildman–Crippen MR) is 122 cm³/mol. The van der Waals surface area contributed by atoms with E-state index in [1.165, 1.54) is 0 Å². The molecule has 0 fully saturated rings. The van der Waals surface area contributed by atoms with Crippen LogP contribution in [-0.4, -0.2) is 18.2 Å². The minimum atomic E-state index is -0.220. The fourth-order valence-corrected chi connectivity index (χ4v) is 3.22. The first-order chi connectivity index (χ1) is 15.2. The van der Waals surface area contributed by atoms with Crippen LogP contribution in [0, 0.1) is 5.82 Å². The Morgan fingerprint density at radius 3 is 2.39 bits per heavy atom. The van der Waals surface area contributed by atoms with E-state index in [9.17, 15) is 4.39 Å². The normalized spacial score (nSPS) is 11.4. The molecule has 156 valence electrons. The molecule has 6 heteroatoms. The topological polar surface area (TPSA) is 62.5 Å². The van der Waals surface area contributed by atoms with Gasteiger partial charge in [-0.25, -0.2) is 9.38 Å². The van der Waals surface area contributed by atoms with Crippen LogP contribution in [0.3, 0.4) is 0 Å². The van der Waals surface area contributed by atoms with Crippen molar-refractivity contribution in [1.29, 1.82) is 0 Å². The van der Waals surface area contributed by atoms with Crippen LogP contribution in [0.4, 0.5) is 16.0 Å². The third-order valence-corrected chi connectivity index (χ3v) is 4.82. The maximum absolute atomic E-state index is 14.6. The molecule has 0 spiro atoms. The van der Waals surface area contributed by atoms with Crippen LogP contribution in [0.25, 0.3) is 11.1 Å². The molecule has 1 aromatic heterocycles. The van der Waals surface area contributed by atoms with Gasteiger partial charge in [0, 0.05) is 18.7 Å². The van der Waals surface area contributed by atoms with Crippen molar-refractivity contribution in [2.75, 3.05) is 12.4 Å². The number of aliphatic imine (C=N–C) groups is 1. The van der Waals surface area contributed by atoms with Crippen molar-refractivity contribution in [2.45, 2.75) is 12.8 Å². The summed E-state index contributed by atoms with van der Waals surface area (Å²) in [6.45, 7) is 0. The number of guanidine groups is 1. The standard InChI is InChI=1S/C25H23FN4O/c1-27-25(28-20-10-6-3-7-11-20)29-24-17-21(30-31-24)14-12-18-13-15-22(23(26)16-18)19-8-4-2-5-9-19/h2-11,13,15-17H,12,14H2,1H3,(H2,27,28,29). The molecule has 3 aromatic carbocycles. The number of nitrogens with zero attached hydrogens (tertiary/aromatic N) is 2. The highest BCUT2D eigenvalue weighted by Gasteiger charge is 2.09. The highest BCUT2D eigenvalue weighted by atomic mass is 19.1. The molecule has 0 radical (unpaired) electrons. The molecule has 0 amide bonds. The zero-order valence-electron chi connectivity index (χ0n) is 17.2. The summed E-state index contributed by atoms with van der Waals surface area (Å²) < 4.78 is 19.9. The Morgan fingerprint density at radius 2 is 1.68 bits per heavy atom. The van der Waals surface area contributed by atoms with Gasteiger partial charge in [0.2, 0.25) is 11.8 Å². The predicted octanol–water partition coefficient (Wildman–Crippen LogP) is 5.58. The molecule has 0 saturated carbocycles. The van der Waals surface area contributed by atoms with Crippen LogP contribution in [0.15, 0.2) is 94.4 Å². The van der Waals surface area contributed by atoms with Crippen LogP contribution in [0.5, 0.6) is 0 Å². The molecular weight excluding hydrogens is 391 g/mol. The van der Waals surface area contributed by atoms with E-state index in [0.717, 1.165) is 22.5 Å². The molecule has 0 aliphatic carbocycles. The molecule has 0 atom stereocenters. The first kappa shape index (κ1) is 20.3. The molecule has 31 heavy (non-hydrogen) atoms. The quantitative estimate of drug-likeness (QED) is 0.319. The minimum absolute atomic E-state index is 0.220. The third-order valence-electron chi connectivity index (χ3n) is 4.82. The van der Waals surface area contributed by atoms with Gasteiger partial charge in [0.15, 0.2) is 0 Å². The lowest BCUT2D eigenvalue weighted by atomic mass is 10.0. The van der Waals surface area contributed by atoms with Crippen LogP contribution in [-0.2, 0) is 12.8 Å². The molecule has 0 saturated heterocycles. The van der Waals surface area contributed by atoms with Gasteiger partial charge in [0.25, 0.3) is 0 Å². The van der Waals surface area contributed by atoms with Crippen molar-refractivity contribution >= 4 is 17.5 Å². The Kier molecular flexibility index (Phi) is 6.38. The van der Waals surface area contributed by atoms with Gasteiger partial charge >= 0.3 is 0 Å².